The maximum Gasteiger partial charge on any atom is 0.341 e. The van der Waals surface area contributed by atoms with Crippen LogP contribution in [0.25, 0.3) is 0 Å². The van der Waals surface area contributed by atoms with Gasteiger partial charge in [0.05, 0.1) is 18.1 Å². The normalized spacial score (nSPS) is 41.0. The summed E-state index contributed by atoms with van der Waals surface area (Å²) in [5.74, 6) is -1.11. The smallest absolute Gasteiger partial charge is 0.341 e. The van der Waals surface area contributed by atoms with Crippen molar-refractivity contribution in [2.24, 2.45) is 5.92 Å². The molecule has 9 heteroatoms. The topological polar surface area (TPSA) is 115 Å². The number of carbonyl (C=O) groups excluding carboxylic acids is 1. The summed E-state index contributed by atoms with van der Waals surface area (Å²) in [5, 5.41) is 28.9. The molecule has 7 atom stereocenters. The molecule has 25 heavy (non-hydrogen) atoms. The first-order valence-corrected chi connectivity index (χ1v) is 7.75. The molecule has 0 aromatic rings. The monoisotopic (exact) mass is 358 g/mol. The van der Waals surface area contributed by atoms with Gasteiger partial charge in [0.25, 0.3) is 0 Å². The number of hydrogen-bond donors (Lipinski definition) is 3. The van der Waals surface area contributed by atoms with Crippen molar-refractivity contribution in [3.8, 4) is 0 Å². The minimum Gasteiger partial charge on any atom is -0.471 e. The lowest BCUT2D eigenvalue weighted by atomic mass is 9.89. The summed E-state index contributed by atoms with van der Waals surface area (Å²) < 4.78 is 34.8. The van der Waals surface area contributed by atoms with Crippen LogP contribution in [0.3, 0.4) is 0 Å². The van der Waals surface area contributed by atoms with Gasteiger partial charge in [-0.05, 0) is 11.6 Å². The number of alkyl halides is 1. The van der Waals surface area contributed by atoms with Crippen LogP contribution in [-0.2, 0) is 23.7 Å². The maximum absolute atomic E-state index is 13.8. The van der Waals surface area contributed by atoms with Crippen molar-refractivity contribution in [1.29, 1.82) is 0 Å². The third kappa shape index (κ3) is 3.21. The van der Waals surface area contributed by atoms with Crippen molar-refractivity contribution < 1.29 is 43.5 Å². The van der Waals surface area contributed by atoms with E-state index < -0.39 is 55.6 Å². The van der Waals surface area contributed by atoms with E-state index in [1.54, 1.807) is 6.08 Å². The van der Waals surface area contributed by atoms with Gasteiger partial charge in [-0.15, -0.1) is 6.58 Å². The molecule has 138 valence electrons. The summed E-state index contributed by atoms with van der Waals surface area (Å²) in [6.07, 6.45) is -4.87. The molecule has 0 aromatic heterocycles. The van der Waals surface area contributed by atoms with E-state index in [0.29, 0.717) is 5.57 Å². The zero-order valence-corrected chi connectivity index (χ0v) is 13.2. The van der Waals surface area contributed by atoms with E-state index in [2.05, 4.69) is 6.58 Å². The minimum atomic E-state index is -1.95. The van der Waals surface area contributed by atoms with Crippen LogP contribution in [0.2, 0.25) is 0 Å². The summed E-state index contributed by atoms with van der Waals surface area (Å²) in [5.41, 5.74) is 0.827. The molecule has 3 heterocycles. The Kier molecular flexibility index (Phi) is 5.21. The number of aliphatic hydroxyl groups is 3. The van der Waals surface area contributed by atoms with E-state index in [1.165, 1.54) is 12.3 Å². The Balaban J connectivity index is 1.78. The molecule has 0 bridgehead atoms. The van der Waals surface area contributed by atoms with Crippen LogP contribution >= 0.6 is 0 Å². The van der Waals surface area contributed by atoms with E-state index in [1.807, 2.05) is 0 Å². The van der Waals surface area contributed by atoms with Crippen LogP contribution in [0.1, 0.15) is 0 Å². The molecule has 3 N–H and O–H groups in total. The third-order valence-corrected chi connectivity index (χ3v) is 4.34. The van der Waals surface area contributed by atoms with Crippen LogP contribution in [0, 0.1) is 5.92 Å². The van der Waals surface area contributed by atoms with Crippen LogP contribution in [0.15, 0.2) is 36.1 Å². The summed E-state index contributed by atoms with van der Waals surface area (Å²) in [4.78, 5) is 11.7. The van der Waals surface area contributed by atoms with Crippen molar-refractivity contribution in [3.63, 3.8) is 0 Å². The van der Waals surface area contributed by atoms with E-state index in [-0.39, 0.29) is 12.2 Å². The molecule has 0 aliphatic carbocycles. The number of hydrogen-bond acceptors (Lipinski definition) is 8. The van der Waals surface area contributed by atoms with Crippen molar-refractivity contribution in [1.82, 2.24) is 0 Å². The fourth-order valence-corrected chi connectivity index (χ4v) is 2.95. The number of esters is 1. The zero-order chi connectivity index (χ0) is 18.1. The van der Waals surface area contributed by atoms with Crippen LogP contribution < -0.4 is 0 Å². The van der Waals surface area contributed by atoms with Gasteiger partial charge < -0.3 is 34.3 Å². The first kappa shape index (κ1) is 18.0. The largest absolute Gasteiger partial charge is 0.471 e. The van der Waals surface area contributed by atoms with E-state index >= 15 is 0 Å². The fraction of sp³-hybridized carbons (Fsp3) is 0.562. The SMILES string of the molecule is C=C[C@@H]1C2=CCOC(=O)C2=CO[C@H]1O[C@@H]1O[C@H](CO)[C@@H](F)[C@H](O)[C@H]1O. The van der Waals surface area contributed by atoms with Gasteiger partial charge in [0.15, 0.2) is 12.5 Å². The Morgan fingerprint density at radius 2 is 2.12 bits per heavy atom. The molecular weight excluding hydrogens is 339 g/mol. The second-order valence-corrected chi connectivity index (χ2v) is 5.84. The molecular formula is C16H19FO8. The van der Waals surface area contributed by atoms with Crippen LogP contribution in [0.4, 0.5) is 4.39 Å². The average Bonchev–Trinajstić information content (AvgIpc) is 2.62. The molecule has 3 aliphatic rings. The molecule has 1 saturated heterocycles. The van der Waals surface area contributed by atoms with Crippen molar-refractivity contribution in [2.75, 3.05) is 13.2 Å². The molecule has 0 spiro atoms. The number of fused-ring (bicyclic) bond motifs is 1. The lowest BCUT2D eigenvalue weighted by Gasteiger charge is -2.41. The number of cyclic esters (lactones) is 1. The van der Waals surface area contributed by atoms with Gasteiger partial charge >= 0.3 is 5.97 Å². The highest BCUT2D eigenvalue weighted by Crippen LogP contribution is 2.36. The zero-order valence-electron chi connectivity index (χ0n) is 13.2. The summed E-state index contributed by atoms with van der Waals surface area (Å²) in [6, 6.07) is 0. The molecule has 0 amide bonds. The van der Waals surface area contributed by atoms with E-state index in [4.69, 9.17) is 24.1 Å². The van der Waals surface area contributed by atoms with E-state index in [9.17, 15) is 19.4 Å². The number of aliphatic hydroxyl groups excluding tert-OH is 3. The van der Waals surface area contributed by atoms with Gasteiger partial charge in [0.2, 0.25) is 6.29 Å². The Labute approximate surface area is 142 Å². The summed E-state index contributed by atoms with van der Waals surface area (Å²) in [6.45, 7) is 3.09. The van der Waals surface area contributed by atoms with E-state index in [0.717, 1.165) is 0 Å². The number of carbonyl (C=O) groups is 1. The Morgan fingerprint density at radius 3 is 2.80 bits per heavy atom. The van der Waals surface area contributed by atoms with Gasteiger partial charge in [-0.1, -0.05) is 6.08 Å². The molecule has 0 saturated carbocycles. The lowest BCUT2D eigenvalue weighted by molar-refractivity contribution is -0.329. The molecule has 0 unspecified atom stereocenters. The molecule has 8 nitrogen and oxygen atoms in total. The molecule has 1 fully saturated rings. The molecule has 0 aromatic carbocycles. The predicted molar refractivity (Wildman–Crippen MR) is 79.4 cm³/mol. The number of ether oxygens (including phenoxy) is 4. The summed E-state index contributed by atoms with van der Waals surface area (Å²) >= 11 is 0. The Hall–Kier alpha value is -1.78. The summed E-state index contributed by atoms with van der Waals surface area (Å²) in [7, 11) is 0. The minimum absolute atomic E-state index is 0.0972. The number of halogens is 1. The van der Waals surface area contributed by atoms with Crippen molar-refractivity contribution in [3.05, 3.63) is 36.1 Å². The maximum atomic E-state index is 13.8. The fourth-order valence-electron chi connectivity index (χ4n) is 2.95. The third-order valence-electron chi connectivity index (χ3n) is 4.34. The quantitative estimate of drug-likeness (QED) is 0.447. The second-order valence-electron chi connectivity index (χ2n) is 5.84. The highest BCUT2D eigenvalue weighted by Gasteiger charge is 2.47. The first-order chi connectivity index (χ1) is 12.0. The van der Waals surface area contributed by atoms with Gasteiger partial charge in [-0.3, -0.25) is 0 Å². The van der Waals surface area contributed by atoms with Gasteiger partial charge in [-0.25, -0.2) is 9.18 Å². The highest BCUT2D eigenvalue weighted by atomic mass is 19.1. The molecule has 3 rings (SSSR count). The second kappa shape index (κ2) is 7.22. The standard InChI is InChI=1S/C16H19FO8/c1-2-7-8-3-4-22-14(21)9(8)6-23-15(7)25-16-13(20)12(19)11(17)10(5-18)24-16/h2-3,6-7,10-13,15-16,18-20H,1,4-5H2/t7-,10-,11-,12+,13-,15+,16+/m1/s1. The Bertz CT molecular complexity index is 601. The van der Waals surface area contributed by atoms with Crippen LogP contribution in [0.5, 0.6) is 0 Å². The molecule has 0 radical (unpaired) electrons. The highest BCUT2D eigenvalue weighted by molar-refractivity contribution is 5.94. The first-order valence-electron chi connectivity index (χ1n) is 7.75. The molecule has 3 aliphatic heterocycles. The van der Waals surface area contributed by atoms with Gasteiger partial charge in [-0.2, -0.15) is 0 Å². The van der Waals surface area contributed by atoms with Gasteiger partial charge in [0, 0.05) is 0 Å². The van der Waals surface area contributed by atoms with Crippen LogP contribution in [-0.4, -0.2) is 71.6 Å². The van der Waals surface area contributed by atoms with Crippen molar-refractivity contribution >= 4 is 5.97 Å². The predicted octanol–water partition coefficient (Wildman–Crippen LogP) is -0.694. The van der Waals surface area contributed by atoms with Gasteiger partial charge in [0.1, 0.15) is 31.2 Å². The average molecular weight is 358 g/mol. The number of rotatable bonds is 4. The Morgan fingerprint density at radius 1 is 1.36 bits per heavy atom. The lowest BCUT2D eigenvalue weighted by Crippen LogP contribution is -2.58. The van der Waals surface area contributed by atoms with Crippen molar-refractivity contribution in [2.45, 2.75) is 37.1 Å².